The van der Waals surface area contributed by atoms with Crippen LogP contribution in [0, 0.1) is 0 Å². The molecule has 10 aromatic rings. The normalized spacial score (nSPS) is 12.9. The van der Waals surface area contributed by atoms with Crippen molar-refractivity contribution < 1.29 is 0 Å². The SMILES string of the molecule is c1ccc(-c2cc(-c3ccccc3)nc(-c3cccc4c3-c3c(-c5ccc(-c6cccnc6)nc5-c5cccnc5)cccc3C43c4ccccc4Sc4ccccc43)n2)cc1. The van der Waals surface area contributed by atoms with E-state index < -0.39 is 5.41 Å². The van der Waals surface area contributed by atoms with Crippen molar-refractivity contribution in [1.82, 2.24) is 24.9 Å². The molecule has 6 aromatic carbocycles. The van der Waals surface area contributed by atoms with Crippen LogP contribution in [-0.2, 0) is 5.41 Å². The number of hydrogen-bond acceptors (Lipinski definition) is 6. The fourth-order valence-corrected chi connectivity index (χ4v) is 10.7. The molecule has 0 unspecified atom stereocenters. The quantitative estimate of drug-likeness (QED) is 0.167. The molecule has 1 aliphatic carbocycles. The maximum atomic E-state index is 5.44. The van der Waals surface area contributed by atoms with Gasteiger partial charge in [0.15, 0.2) is 5.82 Å². The van der Waals surface area contributed by atoms with E-state index in [1.54, 1.807) is 6.20 Å². The lowest BCUT2D eigenvalue weighted by molar-refractivity contribution is 0.722. The summed E-state index contributed by atoms with van der Waals surface area (Å²) in [7, 11) is 0. The van der Waals surface area contributed by atoms with Crippen LogP contribution in [0.5, 0.6) is 0 Å². The second-order valence-corrected chi connectivity index (χ2v) is 16.7. The molecular formula is C56H35N5S. The van der Waals surface area contributed by atoms with E-state index in [-0.39, 0.29) is 0 Å². The van der Waals surface area contributed by atoms with Gasteiger partial charge in [-0.1, -0.05) is 145 Å². The summed E-state index contributed by atoms with van der Waals surface area (Å²) in [5.74, 6) is 0.671. The van der Waals surface area contributed by atoms with Gasteiger partial charge in [0.1, 0.15) is 0 Å². The molecule has 0 radical (unpaired) electrons. The standard InChI is InChI=1S/C56H35N5S/c1-3-15-36(16-4-1)48-33-49(37-17-5-2-6-18-37)61-55(60-48)42-22-12-26-46-53(42)52-40(41-29-30-47(38-19-13-31-57-34-38)59-54(41)39-20-14-32-58-35-39)21-11-25-45(52)56(46)43-23-7-9-27-50(43)62-51-28-10-8-24-44(51)56/h1-35H. The highest BCUT2D eigenvalue weighted by atomic mass is 32.2. The van der Waals surface area contributed by atoms with E-state index in [2.05, 4.69) is 174 Å². The van der Waals surface area contributed by atoms with E-state index in [0.717, 1.165) is 72.8 Å². The molecule has 2 aliphatic rings. The summed E-state index contributed by atoms with van der Waals surface area (Å²) in [4.78, 5) is 27.8. The Bertz CT molecular complexity index is 3220. The number of hydrogen-bond donors (Lipinski definition) is 0. The fourth-order valence-electron chi connectivity index (χ4n) is 9.55. The molecule has 1 spiro atoms. The number of aromatic nitrogens is 5. The summed E-state index contributed by atoms with van der Waals surface area (Å²) in [6.07, 6.45) is 7.37. The van der Waals surface area contributed by atoms with Gasteiger partial charge < -0.3 is 0 Å². The number of fused-ring (bicyclic) bond motifs is 9. The van der Waals surface area contributed by atoms with Crippen LogP contribution in [0.3, 0.4) is 0 Å². The van der Waals surface area contributed by atoms with Crippen molar-refractivity contribution in [3.8, 4) is 78.7 Å². The lowest BCUT2D eigenvalue weighted by Crippen LogP contribution is -2.31. The van der Waals surface area contributed by atoms with Crippen LogP contribution in [0.25, 0.3) is 78.7 Å². The van der Waals surface area contributed by atoms with Gasteiger partial charge in [-0.05, 0) is 93.5 Å². The maximum absolute atomic E-state index is 5.44. The van der Waals surface area contributed by atoms with Crippen LogP contribution >= 0.6 is 11.8 Å². The fraction of sp³-hybridized carbons (Fsp3) is 0.0179. The lowest BCUT2D eigenvalue weighted by Gasteiger charge is -2.39. The Morgan fingerprint density at radius 1 is 0.355 bits per heavy atom. The van der Waals surface area contributed by atoms with Gasteiger partial charge in [-0.25, -0.2) is 15.0 Å². The molecule has 0 saturated carbocycles. The molecule has 0 fully saturated rings. The van der Waals surface area contributed by atoms with Crippen LogP contribution in [0.1, 0.15) is 22.3 Å². The molecule has 1 aliphatic heterocycles. The van der Waals surface area contributed by atoms with Gasteiger partial charge >= 0.3 is 0 Å². The summed E-state index contributed by atoms with van der Waals surface area (Å²) < 4.78 is 0. The van der Waals surface area contributed by atoms with E-state index in [1.807, 2.05) is 54.6 Å². The van der Waals surface area contributed by atoms with Crippen molar-refractivity contribution in [2.45, 2.75) is 15.2 Å². The van der Waals surface area contributed by atoms with E-state index >= 15 is 0 Å². The van der Waals surface area contributed by atoms with Crippen LogP contribution in [0.2, 0.25) is 0 Å². The zero-order valence-corrected chi connectivity index (χ0v) is 34.2. The number of benzene rings is 6. The first-order valence-corrected chi connectivity index (χ1v) is 21.5. The average molecular weight is 810 g/mol. The van der Waals surface area contributed by atoms with Crippen LogP contribution in [-0.4, -0.2) is 24.9 Å². The molecule has 0 N–H and O–H groups in total. The van der Waals surface area contributed by atoms with E-state index in [1.165, 1.54) is 32.0 Å². The molecule has 0 saturated heterocycles. The summed E-state index contributed by atoms with van der Waals surface area (Å²) >= 11 is 1.85. The Morgan fingerprint density at radius 3 is 1.47 bits per heavy atom. The van der Waals surface area contributed by atoms with E-state index in [4.69, 9.17) is 15.0 Å². The molecule has 4 aromatic heterocycles. The Balaban J connectivity index is 1.21. The van der Waals surface area contributed by atoms with Gasteiger partial charge in [0.05, 0.1) is 28.2 Å². The zero-order chi connectivity index (χ0) is 41.0. The van der Waals surface area contributed by atoms with E-state index in [9.17, 15) is 0 Å². The van der Waals surface area contributed by atoms with Gasteiger partial charge in [-0.3, -0.25) is 9.97 Å². The average Bonchev–Trinajstić information content (AvgIpc) is 3.66. The summed E-state index contributed by atoms with van der Waals surface area (Å²) in [5, 5.41) is 0. The molecule has 12 rings (SSSR count). The van der Waals surface area contributed by atoms with Crippen molar-refractivity contribution in [2.75, 3.05) is 0 Å². The molecule has 290 valence electrons. The van der Waals surface area contributed by atoms with E-state index in [0.29, 0.717) is 5.82 Å². The second-order valence-electron chi connectivity index (χ2n) is 15.6. The first-order chi connectivity index (χ1) is 30.8. The second kappa shape index (κ2) is 14.7. The Kier molecular flexibility index (Phi) is 8.57. The summed E-state index contributed by atoms with van der Waals surface area (Å²) in [6.45, 7) is 0. The van der Waals surface area contributed by atoms with Crippen molar-refractivity contribution >= 4 is 11.8 Å². The van der Waals surface area contributed by atoms with Gasteiger partial charge in [-0.15, -0.1) is 0 Å². The Hall–Kier alpha value is -7.80. The molecule has 5 heterocycles. The molecule has 5 nitrogen and oxygen atoms in total. The van der Waals surface area contributed by atoms with Crippen LogP contribution in [0.15, 0.2) is 223 Å². The third-order valence-corrected chi connectivity index (χ3v) is 13.3. The largest absolute Gasteiger partial charge is 0.264 e. The highest BCUT2D eigenvalue weighted by Gasteiger charge is 2.51. The highest BCUT2D eigenvalue weighted by molar-refractivity contribution is 7.99. The number of rotatable bonds is 6. The minimum absolute atomic E-state index is 0.633. The van der Waals surface area contributed by atoms with Crippen LogP contribution in [0.4, 0.5) is 0 Å². The Labute approximate surface area is 364 Å². The number of nitrogens with zero attached hydrogens (tertiary/aromatic N) is 5. The lowest BCUT2D eigenvalue weighted by atomic mass is 9.67. The first kappa shape index (κ1) is 36.1. The van der Waals surface area contributed by atoms with Gasteiger partial charge in [0.2, 0.25) is 0 Å². The third-order valence-electron chi connectivity index (χ3n) is 12.2. The first-order valence-electron chi connectivity index (χ1n) is 20.7. The minimum Gasteiger partial charge on any atom is -0.264 e. The Morgan fingerprint density at radius 2 is 0.871 bits per heavy atom. The predicted octanol–water partition coefficient (Wildman–Crippen LogP) is 13.5. The van der Waals surface area contributed by atoms with Crippen molar-refractivity contribution in [1.29, 1.82) is 0 Å². The molecule has 0 bridgehead atoms. The minimum atomic E-state index is -0.633. The summed E-state index contributed by atoms with van der Waals surface area (Å²) in [5.41, 5.74) is 17.0. The van der Waals surface area contributed by atoms with Crippen molar-refractivity contribution in [2.24, 2.45) is 0 Å². The molecule has 0 atom stereocenters. The number of pyridine rings is 3. The predicted molar refractivity (Wildman–Crippen MR) is 249 cm³/mol. The van der Waals surface area contributed by atoms with Crippen molar-refractivity contribution in [3.05, 3.63) is 235 Å². The summed E-state index contributed by atoms with van der Waals surface area (Å²) in [6, 6.07) is 66.7. The smallest absolute Gasteiger partial charge is 0.161 e. The molecular weight excluding hydrogens is 775 g/mol. The monoisotopic (exact) mass is 809 g/mol. The molecule has 62 heavy (non-hydrogen) atoms. The third kappa shape index (κ3) is 5.68. The topological polar surface area (TPSA) is 64.5 Å². The van der Waals surface area contributed by atoms with Crippen LogP contribution < -0.4 is 0 Å². The molecule has 0 amide bonds. The highest BCUT2D eigenvalue weighted by Crippen LogP contribution is 2.65. The maximum Gasteiger partial charge on any atom is 0.161 e. The van der Waals surface area contributed by atoms with Gasteiger partial charge in [0.25, 0.3) is 0 Å². The van der Waals surface area contributed by atoms with Crippen molar-refractivity contribution in [3.63, 3.8) is 0 Å². The van der Waals surface area contributed by atoms with Gasteiger partial charge in [0, 0.05) is 68.0 Å². The zero-order valence-electron chi connectivity index (χ0n) is 33.4. The van der Waals surface area contributed by atoms with Gasteiger partial charge in [-0.2, -0.15) is 0 Å². The molecule has 6 heteroatoms.